The zero-order valence-electron chi connectivity index (χ0n) is 17.2. The maximum atomic E-state index is 12.8. The molecule has 1 amide bonds. The molecular weight excluding hydrogens is 460 g/mol. The molecule has 0 N–H and O–H groups in total. The largest absolute Gasteiger partial charge is 0.380 e. The van der Waals surface area contributed by atoms with Gasteiger partial charge in [0.2, 0.25) is 0 Å². The predicted molar refractivity (Wildman–Crippen MR) is 119 cm³/mol. The molecule has 166 valence electrons. The summed E-state index contributed by atoms with van der Waals surface area (Å²) in [5.74, 6) is -0.592. The van der Waals surface area contributed by atoms with Gasteiger partial charge in [0.05, 0.1) is 26.6 Å². The van der Waals surface area contributed by atoms with E-state index in [9.17, 15) is 21.6 Å². The molecule has 1 aromatic heterocycles. The van der Waals surface area contributed by atoms with Crippen molar-refractivity contribution in [2.75, 3.05) is 25.7 Å². The molecule has 11 heteroatoms. The van der Waals surface area contributed by atoms with Crippen molar-refractivity contribution in [1.29, 1.82) is 0 Å². The number of hydrogen-bond acceptors (Lipinski definition) is 7. The van der Waals surface area contributed by atoms with Gasteiger partial charge in [0.25, 0.3) is 5.91 Å². The quantitative estimate of drug-likeness (QED) is 0.478. The minimum atomic E-state index is -3.46. The van der Waals surface area contributed by atoms with Crippen molar-refractivity contribution in [3.05, 3.63) is 52.8 Å². The number of ether oxygens (including phenoxy) is 1. The van der Waals surface area contributed by atoms with E-state index in [-0.39, 0.29) is 15.4 Å². The molecule has 0 saturated carbocycles. The van der Waals surface area contributed by atoms with E-state index < -0.39 is 25.6 Å². The number of rotatable bonds is 7. The van der Waals surface area contributed by atoms with Crippen molar-refractivity contribution in [3.8, 4) is 0 Å². The molecular formula is C20H22N2O6S3. The normalized spacial score (nSPS) is 13.1. The van der Waals surface area contributed by atoms with Crippen LogP contribution >= 0.6 is 11.3 Å². The Balaban J connectivity index is 2.13. The SMILES string of the molecule is CCOCCn1c(=NC(=O)c2cccc(S(C)(=O)=O)c2)sc2cc(S(C)(=O)=O)ccc21. The van der Waals surface area contributed by atoms with E-state index in [0.29, 0.717) is 29.3 Å². The van der Waals surface area contributed by atoms with Crippen LogP contribution in [0, 0.1) is 0 Å². The Morgan fingerprint density at radius 1 is 1.03 bits per heavy atom. The van der Waals surface area contributed by atoms with Gasteiger partial charge in [0.15, 0.2) is 24.5 Å². The van der Waals surface area contributed by atoms with E-state index in [1.807, 2.05) is 6.92 Å². The van der Waals surface area contributed by atoms with Crippen molar-refractivity contribution < 1.29 is 26.4 Å². The Kier molecular flexibility index (Phi) is 6.79. The molecule has 2 aromatic carbocycles. The van der Waals surface area contributed by atoms with Crippen LogP contribution in [0.2, 0.25) is 0 Å². The zero-order chi connectivity index (χ0) is 22.8. The number of hydrogen-bond donors (Lipinski definition) is 0. The number of aromatic nitrogens is 1. The van der Waals surface area contributed by atoms with Crippen molar-refractivity contribution in [1.82, 2.24) is 4.57 Å². The highest BCUT2D eigenvalue weighted by molar-refractivity contribution is 7.91. The first kappa shape index (κ1) is 23.3. The fraction of sp³-hybridized carbons (Fsp3) is 0.300. The molecule has 1 heterocycles. The Bertz CT molecular complexity index is 1420. The van der Waals surface area contributed by atoms with Crippen LogP contribution in [-0.2, 0) is 31.0 Å². The second-order valence-electron chi connectivity index (χ2n) is 6.85. The van der Waals surface area contributed by atoms with Crippen molar-refractivity contribution >= 4 is 47.1 Å². The van der Waals surface area contributed by atoms with Gasteiger partial charge in [-0.05, 0) is 43.3 Å². The number of fused-ring (bicyclic) bond motifs is 1. The Morgan fingerprint density at radius 3 is 2.35 bits per heavy atom. The number of benzene rings is 2. The smallest absolute Gasteiger partial charge is 0.279 e. The molecule has 0 bridgehead atoms. The fourth-order valence-electron chi connectivity index (χ4n) is 2.90. The standard InChI is InChI=1S/C20H22N2O6S3/c1-4-28-11-10-22-17-9-8-16(31(3,26)27)13-18(17)29-20(22)21-19(23)14-6-5-7-15(12-14)30(2,24)25/h5-9,12-13H,4,10-11H2,1-3H3. The molecule has 8 nitrogen and oxygen atoms in total. The van der Waals surface area contributed by atoms with Crippen molar-refractivity contribution in [2.24, 2.45) is 4.99 Å². The maximum absolute atomic E-state index is 12.8. The molecule has 3 rings (SSSR count). The number of nitrogens with zero attached hydrogens (tertiary/aromatic N) is 2. The number of amides is 1. The van der Waals surface area contributed by atoms with Gasteiger partial charge >= 0.3 is 0 Å². The number of thiazole rings is 1. The van der Waals surface area contributed by atoms with E-state index in [1.165, 1.54) is 41.7 Å². The van der Waals surface area contributed by atoms with E-state index in [2.05, 4.69) is 4.99 Å². The third-order valence-electron chi connectivity index (χ3n) is 4.45. The van der Waals surface area contributed by atoms with Gasteiger partial charge in [-0.25, -0.2) is 16.8 Å². The molecule has 0 unspecified atom stereocenters. The van der Waals surface area contributed by atoms with Crippen LogP contribution in [-0.4, -0.2) is 53.0 Å². The molecule has 3 aromatic rings. The molecule has 0 atom stereocenters. The second-order valence-corrected chi connectivity index (χ2v) is 11.9. The average Bonchev–Trinajstić information content (AvgIpc) is 3.03. The van der Waals surface area contributed by atoms with Crippen molar-refractivity contribution in [2.45, 2.75) is 23.3 Å². The monoisotopic (exact) mass is 482 g/mol. The van der Waals surface area contributed by atoms with Crippen LogP contribution in [0.4, 0.5) is 0 Å². The van der Waals surface area contributed by atoms with E-state index in [4.69, 9.17) is 4.74 Å². The van der Waals surface area contributed by atoms with Gasteiger partial charge in [-0.3, -0.25) is 4.79 Å². The zero-order valence-corrected chi connectivity index (χ0v) is 19.7. The number of sulfone groups is 2. The minimum absolute atomic E-state index is 0.0342. The van der Waals surface area contributed by atoms with E-state index >= 15 is 0 Å². The van der Waals surface area contributed by atoms with Gasteiger partial charge in [-0.15, -0.1) is 0 Å². The first-order chi connectivity index (χ1) is 14.5. The van der Waals surface area contributed by atoms with Crippen LogP contribution in [0.25, 0.3) is 10.2 Å². The van der Waals surface area contributed by atoms with E-state index in [0.717, 1.165) is 18.0 Å². The van der Waals surface area contributed by atoms with Crippen LogP contribution in [0.1, 0.15) is 17.3 Å². The number of carbonyl (C=O) groups excluding carboxylic acids is 1. The first-order valence-corrected chi connectivity index (χ1v) is 13.9. The predicted octanol–water partition coefficient (Wildman–Crippen LogP) is 2.29. The highest BCUT2D eigenvalue weighted by Crippen LogP contribution is 2.22. The molecule has 0 saturated heterocycles. The summed E-state index contributed by atoms with van der Waals surface area (Å²) in [6.07, 6.45) is 2.20. The summed E-state index contributed by atoms with van der Waals surface area (Å²) >= 11 is 1.18. The van der Waals surface area contributed by atoms with Gasteiger partial charge in [0.1, 0.15) is 0 Å². The first-order valence-electron chi connectivity index (χ1n) is 9.31. The Labute approximate surface area is 184 Å². The highest BCUT2D eigenvalue weighted by atomic mass is 32.2. The van der Waals surface area contributed by atoms with E-state index in [1.54, 1.807) is 16.7 Å². The minimum Gasteiger partial charge on any atom is -0.380 e. The molecule has 0 aliphatic rings. The maximum Gasteiger partial charge on any atom is 0.279 e. The van der Waals surface area contributed by atoms with Gasteiger partial charge < -0.3 is 9.30 Å². The summed E-state index contributed by atoms with van der Waals surface area (Å²) in [6.45, 7) is 3.21. The van der Waals surface area contributed by atoms with Crippen LogP contribution in [0.15, 0.2) is 57.2 Å². The third-order valence-corrected chi connectivity index (χ3v) is 7.71. The Morgan fingerprint density at radius 2 is 1.71 bits per heavy atom. The molecule has 0 radical (unpaired) electrons. The lowest BCUT2D eigenvalue weighted by molar-refractivity contribution is 0.0996. The molecule has 31 heavy (non-hydrogen) atoms. The second kappa shape index (κ2) is 9.03. The van der Waals surface area contributed by atoms with Gasteiger partial charge in [0, 0.05) is 31.2 Å². The lowest BCUT2D eigenvalue weighted by atomic mass is 10.2. The molecule has 0 aliphatic carbocycles. The van der Waals surface area contributed by atoms with Crippen LogP contribution < -0.4 is 4.80 Å². The topological polar surface area (TPSA) is 112 Å². The summed E-state index contributed by atoms with van der Waals surface area (Å²) in [5, 5.41) is 0. The lowest BCUT2D eigenvalue weighted by Gasteiger charge is -2.06. The summed E-state index contributed by atoms with van der Waals surface area (Å²) in [5.41, 5.74) is 0.877. The van der Waals surface area contributed by atoms with Gasteiger partial charge in [-0.1, -0.05) is 17.4 Å². The molecule has 0 spiro atoms. The number of carbonyl (C=O) groups is 1. The van der Waals surface area contributed by atoms with Crippen LogP contribution in [0.5, 0.6) is 0 Å². The summed E-state index contributed by atoms with van der Waals surface area (Å²) < 4.78 is 55.3. The summed E-state index contributed by atoms with van der Waals surface area (Å²) in [4.78, 5) is 17.6. The summed E-state index contributed by atoms with van der Waals surface area (Å²) in [7, 11) is -6.85. The third kappa shape index (κ3) is 5.48. The van der Waals surface area contributed by atoms with Gasteiger partial charge in [-0.2, -0.15) is 4.99 Å². The summed E-state index contributed by atoms with van der Waals surface area (Å²) in [6, 6.07) is 10.5. The molecule has 0 fully saturated rings. The highest BCUT2D eigenvalue weighted by Gasteiger charge is 2.15. The average molecular weight is 483 g/mol. The van der Waals surface area contributed by atoms with Crippen LogP contribution in [0.3, 0.4) is 0 Å². The lowest BCUT2D eigenvalue weighted by Crippen LogP contribution is -2.19. The van der Waals surface area contributed by atoms with Crippen molar-refractivity contribution in [3.63, 3.8) is 0 Å². The Hall–Kier alpha value is -2.34. The molecule has 0 aliphatic heterocycles. The fourth-order valence-corrected chi connectivity index (χ4v) is 5.38.